The lowest BCUT2D eigenvalue weighted by Gasteiger charge is -2.24. The number of ether oxygens (including phenoxy) is 2. The third-order valence-corrected chi connectivity index (χ3v) is 5.80. The summed E-state index contributed by atoms with van der Waals surface area (Å²) in [6, 6.07) is 13.1. The van der Waals surface area contributed by atoms with E-state index >= 15 is 0 Å². The van der Waals surface area contributed by atoms with Gasteiger partial charge >= 0.3 is 0 Å². The van der Waals surface area contributed by atoms with Gasteiger partial charge in [0.05, 0.1) is 17.0 Å². The van der Waals surface area contributed by atoms with E-state index in [9.17, 15) is 9.59 Å². The van der Waals surface area contributed by atoms with Crippen LogP contribution in [0.25, 0.3) is 0 Å². The van der Waals surface area contributed by atoms with Crippen LogP contribution in [0.4, 0.5) is 5.69 Å². The summed E-state index contributed by atoms with van der Waals surface area (Å²) in [5.74, 6) is 1.11. The summed E-state index contributed by atoms with van der Waals surface area (Å²) in [5.41, 5.74) is 1.73. The smallest absolute Gasteiger partial charge is 0.238 e. The first-order valence-electron chi connectivity index (χ1n) is 8.85. The molecule has 2 aliphatic heterocycles. The van der Waals surface area contributed by atoms with Crippen LogP contribution in [0.15, 0.2) is 47.4 Å². The number of carbonyl (C=O) groups is 2. The van der Waals surface area contributed by atoms with Gasteiger partial charge < -0.3 is 20.1 Å². The second kappa shape index (κ2) is 7.52. The molecule has 140 valence electrons. The molecule has 2 N–H and O–H groups in total. The first-order valence-corrected chi connectivity index (χ1v) is 9.73. The average molecular weight is 384 g/mol. The van der Waals surface area contributed by atoms with Crippen molar-refractivity contribution in [3.05, 3.63) is 48.0 Å². The molecule has 6 nitrogen and oxygen atoms in total. The van der Waals surface area contributed by atoms with Gasteiger partial charge in [0.2, 0.25) is 11.8 Å². The molecular weight excluding hydrogens is 364 g/mol. The van der Waals surface area contributed by atoms with Crippen LogP contribution in [0.1, 0.15) is 24.9 Å². The zero-order valence-corrected chi connectivity index (χ0v) is 15.7. The first kappa shape index (κ1) is 17.7. The van der Waals surface area contributed by atoms with Crippen LogP contribution in [0.3, 0.4) is 0 Å². The van der Waals surface area contributed by atoms with Gasteiger partial charge in [-0.1, -0.05) is 18.2 Å². The van der Waals surface area contributed by atoms with Crippen molar-refractivity contribution in [2.45, 2.75) is 29.5 Å². The van der Waals surface area contributed by atoms with Crippen molar-refractivity contribution in [1.82, 2.24) is 5.32 Å². The average Bonchev–Trinajstić information content (AvgIpc) is 2.68. The molecule has 0 saturated carbocycles. The van der Waals surface area contributed by atoms with Gasteiger partial charge in [-0.05, 0) is 36.8 Å². The number of thioether (sulfide) groups is 1. The SMILES string of the molecule is C[C@@H](NC(=O)C[C@@H]1Sc2ccccc2NC1=O)c1ccc2c(c1)OCCO2. The fourth-order valence-corrected chi connectivity index (χ4v) is 4.22. The maximum absolute atomic E-state index is 12.5. The predicted molar refractivity (Wildman–Crippen MR) is 103 cm³/mol. The number of hydrogen-bond acceptors (Lipinski definition) is 5. The van der Waals surface area contributed by atoms with Crippen molar-refractivity contribution >= 4 is 29.3 Å². The highest BCUT2D eigenvalue weighted by molar-refractivity contribution is 8.01. The minimum Gasteiger partial charge on any atom is -0.486 e. The number of fused-ring (bicyclic) bond motifs is 2. The summed E-state index contributed by atoms with van der Waals surface area (Å²) >= 11 is 1.43. The van der Waals surface area contributed by atoms with E-state index < -0.39 is 5.25 Å². The summed E-state index contributed by atoms with van der Waals surface area (Å²) in [5, 5.41) is 5.39. The zero-order chi connectivity index (χ0) is 18.8. The standard InChI is InChI=1S/C20H20N2O4S/c1-12(13-6-7-15-16(10-13)26-9-8-25-15)21-19(23)11-18-20(24)22-14-4-2-3-5-17(14)27-18/h2-7,10,12,18H,8-9,11H2,1H3,(H,21,23)(H,22,24)/t12-,18+/m1/s1. The van der Waals surface area contributed by atoms with Crippen molar-refractivity contribution in [1.29, 1.82) is 0 Å². The van der Waals surface area contributed by atoms with E-state index in [-0.39, 0.29) is 24.3 Å². The number of benzene rings is 2. The quantitative estimate of drug-likeness (QED) is 0.847. The largest absolute Gasteiger partial charge is 0.486 e. The molecule has 0 unspecified atom stereocenters. The molecule has 4 rings (SSSR count). The van der Waals surface area contributed by atoms with E-state index in [4.69, 9.17) is 9.47 Å². The number of amides is 2. The molecule has 0 aliphatic carbocycles. The number of nitrogens with one attached hydrogen (secondary N) is 2. The first-order chi connectivity index (χ1) is 13.1. The molecular formula is C20H20N2O4S. The second-order valence-corrected chi connectivity index (χ2v) is 7.73. The molecule has 0 spiro atoms. The molecule has 2 aromatic rings. The molecule has 0 bridgehead atoms. The summed E-state index contributed by atoms with van der Waals surface area (Å²) < 4.78 is 11.1. The highest BCUT2D eigenvalue weighted by Gasteiger charge is 2.29. The van der Waals surface area contributed by atoms with Crippen molar-refractivity contribution in [2.24, 2.45) is 0 Å². The van der Waals surface area contributed by atoms with E-state index in [0.717, 1.165) is 21.9 Å². The van der Waals surface area contributed by atoms with Crippen LogP contribution in [0, 0.1) is 0 Å². The highest BCUT2D eigenvalue weighted by atomic mass is 32.2. The third-order valence-electron chi connectivity index (χ3n) is 4.52. The lowest BCUT2D eigenvalue weighted by Crippen LogP contribution is -2.35. The normalized spacial score (nSPS) is 18.9. The molecule has 7 heteroatoms. The maximum atomic E-state index is 12.5. The van der Waals surface area contributed by atoms with Gasteiger partial charge in [-0.3, -0.25) is 9.59 Å². The Labute approximate surface area is 161 Å². The molecule has 27 heavy (non-hydrogen) atoms. The monoisotopic (exact) mass is 384 g/mol. The molecule has 0 aromatic heterocycles. The Bertz CT molecular complexity index is 886. The van der Waals surface area contributed by atoms with Crippen molar-refractivity contribution in [3.8, 4) is 11.5 Å². The fraction of sp³-hybridized carbons (Fsp3) is 0.300. The fourth-order valence-electron chi connectivity index (χ4n) is 3.11. The van der Waals surface area contributed by atoms with Crippen LogP contribution in [0.5, 0.6) is 11.5 Å². The summed E-state index contributed by atoms with van der Waals surface area (Å²) in [6.07, 6.45) is 0.125. The highest BCUT2D eigenvalue weighted by Crippen LogP contribution is 2.37. The maximum Gasteiger partial charge on any atom is 0.238 e. The molecule has 2 amide bonds. The van der Waals surface area contributed by atoms with Gasteiger partial charge in [0.15, 0.2) is 11.5 Å². The Morgan fingerprint density at radius 2 is 2.00 bits per heavy atom. The van der Waals surface area contributed by atoms with E-state index in [2.05, 4.69) is 10.6 Å². The van der Waals surface area contributed by atoms with Gasteiger partial charge in [-0.25, -0.2) is 0 Å². The van der Waals surface area contributed by atoms with E-state index in [0.29, 0.717) is 19.0 Å². The van der Waals surface area contributed by atoms with Crippen molar-refractivity contribution < 1.29 is 19.1 Å². The predicted octanol–water partition coefficient (Wildman–Crippen LogP) is 3.14. The Kier molecular flexibility index (Phi) is 4.94. The molecule has 2 aliphatic rings. The van der Waals surface area contributed by atoms with Crippen molar-refractivity contribution in [3.63, 3.8) is 0 Å². The minimum absolute atomic E-state index is 0.125. The third kappa shape index (κ3) is 3.88. The number of anilines is 1. The Hall–Kier alpha value is -2.67. The molecule has 0 radical (unpaired) electrons. The lowest BCUT2D eigenvalue weighted by atomic mass is 10.1. The lowest BCUT2D eigenvalue weighted by molar-refractivity contribution is -0.124. The van der Waals surface area contributed by atoms with Crippen LogP contribution < -0.4 is 20.1 Å². The van der Waals surface area contributed by atoms with Crippen LogP contribution in [-0.4, -0.2) is 30.3 Å². The number of carbonyl (C=O) groups excluding carboxylic acids is 2. The number of rotatable bonds is 4. The zero-order valence-electron chi connectivity index (χ0n) is 14.9. The van der Waals surface area contributed by atoms with E-state index in [1.165, 1.54) is 11.8 Å². The topological polar surface area (TPSA) is 76.7 Å². The van der Waals surface area contributed by atoms with Crippen LogP contribution in [0.2, 0.25) is 0 Å². The molecule has 2 heterocycles. The summed E-state index contributed by atoms with van der Waals surface area (Å²) in [4.78, 5) is 25.7. The Morgan fingerprint density at radius 3 is 2.85 bits per heavy atom. The van der Waals surface area contributed by atoms with E-state index in [1.807, 2.05) is 49.4 Å². The van der Waals surface area contributed by atoms with Gasteiger partial charge in [0.25, 0.3) is 0 Å². The van der Waals surface area contributed by atoms with Gasteiger partial charge in [-0.2, -0.15) is 0 Å². The molecule has 2 aromatic carbocycles. The van der Waals surface area contributed by atoms with Gasteiger partial charge in [0, 0.05) is 11.3 Å². The molecule has 2 atom stereocenters. The van der Waals surface area contributed by atoms with E-state index in [1.54, 1.807) is 0 Å². The summed E-state index contributed by atoms with van der Waals surface area (Å²) in [7, 11) is 0. The molecule has 0 fully saturated rings. The second-order valence-electron chi connectivity index (χ2n) is 6.49. The Balaban J connectivity index is 1.38. The summed E-state index contributed by atoms with van der Waals surface area (Å²) in [6.45, 7) is 2.97. The number of para-hydroxylation sites is 1. The number of hydrogen-bond donors (Lipinski definition) is 2. The minimum atomic E-state index is -0.438. The van der Waals surface area contributed by atoms with Crippen LogP contribution >= 0.6 is 11.8 Å². The molecule has 0 saturated heterocycles. The van der Waals surface area contributed by atoms with Crippen molar-refractivity contribution in [2.75, 3.05) is 18.5 Å². The van der Waals surface area contributed by atoms with Crippen LogP contribution in [-0.2, 0) is 9.59 Å². The van der Waals surface area contributed by atoms with Gasteiger partial charge in [0.1, 0.15) is 13.2 Å². The Morgan fingerprint density at radius 1 is 1.22 bits per heavy atom. The van der Waals surface area contributed by atoms with Gasteiger partial charge in [-0.15, -0.1) is 11.8 Å².